The third kappa shape index (κ3) is 3.81. The molecule has 0 bridgehead atoms. The third-order valence-electron chi connectivity index (χ3n) is 3.48. The molecule has 0 aliphatic rings. The lowest BCUT2D eigenvalue weighted by Gasteiger charge is -2.14. The van der Waals surface area contributed by atoms with Gasteiger partial charge in [0.2, 0.25) is 0 Å². The number of nitrogens with one attached hydrogen (secondary N) is 1. The monoisotopic (exact) mass is 290 g/mol. The first-order chi connectivity index (χ1) is 9.74. The van der Waals surface area contributed by atoms with Crippen LogP contribution < -0.4 is 10.1 Å². The molecule has 1 unspecified atom stereocenters. The summed E-state index contributed by atoms with van der Waals surface area (Å²) >= 11 is 1.70. The van der Waals surface area contributed by atoms with Crippen LogP contribution in [0.1, 0.15) is 35.5 Å². The molecule has 1 aromatic heterocycles. The van der Waals surface area contributed by atoms with Crippen LogP contribution in [-0.4, -0.2) is 18.6 Å². The van der Waals surface area contributed by atoms with Gasteiger partial charge in [0.25, 0.3) is 0 Å². The van der Waals surface area contributed by atoms with Crippen molar-refractivity contribution in [3.8, 4) is 5.75 Å². The number of aromatic nitrogens is 1. The van der Waals surface area contributed by atoms with E-state index in [4.69, 9.17) is 4.74 Å². The lowest BCUT2D eigenvalue weighted by molar-refractivity contribution is 0.322. The van der Waals surface area contributed by atoms with Gasteiger partial charge in [0.05, 0.1) is 17.8 Å². The fraction of sp³-hybridized carbons (Fsp3) is 0.438. The summed E-state index contributed by atoms with van der Waals surface area (Å²) in [6, 6.07) is 8.79. The number of thiazole rings is 1. The standard InChI is InChI=1S/C16H22N2OS/c1-4-15(17-3)13-5-7-14(8-6-13)19-10-9-16-12(2)18-11-20-16/h5-8,11,15,17H,4,9-10H2,1-3H3. The maximum absolute atomic E-state index is 5.79. The van der Waals surface area contributed by atoms with Crippen LogP contribution in [0.5, 0.6) is 5.75 Å². The smallest absolute Gasteiger partial charge is 0.119 e. The minimum atomic E-state index is 0.420. The minimum Gasteiger partial charge on any atom is -0.493 e. The van der Waals surface area contributed by atoms with E-state index in [1.54, 1.807) is 11.3 Å². The molecule has 3 nitrogen and oxygen atoms in total. The number of hydrogen-bond donors (Lipinski definition) is 1. The maximum Gasteiger partial charge on any atom is 0.119 e. The van der Waals surface area contributed by atoms with E-state index in [0.29, 0.717) is 12.6 Å². The molecule has 1 atom stereocenters. The van der Waals surface area contributed by atoms with E-state index in [0.717, 1.165) is 24.3 Å². The Morgan fingerprint density at radius 3 is 2.60 bits per heavy atom. The van der Waals surface area contributed by atoms with Gasteiger partial charge in [-0.05, 0) is 38.1 Å². The van der Waals surface area contributed by atoms with Crippen LogP contribution in [0.25, 0.3) is 0 Å². The topological polar surface area (TPSA) is 34.1 Å². The number of ether oxygens (including phenoxy) is 1. The molecule has 0 amide bonds. The van der Waals surface area contributed by atoms with Gasteiger partial charge >= 0.3 is 0 Å². The second-order valence-electron chi connectivity index (χ2n) is 4.78. The van der Waals surface area contributed by atoms with Gasteiger partial charge < -0.3 is 10.1 Å². The third-order valence-corrected chi connectivity index (χ3v) is 4.48. The predicted molar refractivity (Wildman–Crippen MR) is 84.6 cm³/mol. The van der Waals surface area contributed by atoms with Gasteiger partial charge in [-0.1, -0.05) is 19.1 Å². The van der Waals surface area contributed by atoms with Crippen LogP contribution in [-0.2, 0) is 6.42 Å². The summed E-state index contributed by atoms with van der Waals surface area (Å²) in [5.41, 5.74) is 4.32. The van der Waals surface area contributed by atoms with Crippen molar-refractivity contribution < 1.29 is 4.74 Å². The molecule has 2 aromatic rings. The Morgan fingerprint density at radius 2 is 2.05 bits per heavy atom. The molecular weight excluding hydrogens is 268 g/mol. The van der Waals surface area contributed by atoms with E-state index in [9.17, 15) is 0 Å². The largest absolute Gasteiger partial charge is 0.493 e. The SMILES string of the molecule is CCC(NC)c1ccc(OCCc2scnc2C)cc1. The molecule has 0 saturated carbocycles. The lowest BCUT2D eigenvalue weighted by Crippen LogP contribution is -2.14. The van der Waals surface area contributed by atoms with E-state index in [1.807, 2.05) is 19.5 Å². The summed E-state index contributed by atoms with van der Waals surface area (Å²) in [6.45, 7) is 4.93. The molecule has 0 spiro atoms. The van der Waals surface area contributed by atoms with Crippen LogP contribution in [0.15, 0.2) is 29.8 Å². The predicted octanol–water partition coefficient (Wildman–Crippen LogP) is 3.74. The quantitative estimate of drug-likeness (QED) is 0.843. The lowest BCUT2D eigenvalue weighted by atomic mass is 10.1. The molecule has 0 saturated heterocycles. The van der Waals surface area contributed by atoms with Gasteiger partial charge in [-0.15, -0.1) is 11.3 Å². The number of benzene rings is 1. The highest BCUT2D eigenvalue weighted by atomic mass is 32.1. The first-order valence-corrected chi connectivity index (χ1v) is 7.91. The fourth-order valence-corrected chi connectivity index (χ4v) is 2.99. The minimum absolute atomic E-state index is 0.420. The zero-order valence-corrected chi connectivity index (χ0v) is 13.2. The van der Waals surface area contributed by atoms with E-state index in [1.165, 1.54) is 10.4 Å². The second kappa shape index (κ2) is 7.41. The maximum atomic E-state index is 5.79. The number of aryl methyl sites for hydroxylation is 1. The van der Waals surface area contributed by atoms with Crippen molar-refractivity contribution in [2.75, 3.05) is 13.7 Å². The van der Waals surface area contributed by atoms with E-state index < -0.39 is 0 Å². The molecule has 1 aromatic carbocycles. The average Bonchev–Trinajstić information content (AvgIpc) is 2.87. The first-order valence-electron chi connectivity index (χ1n) is 7.03. The fourth-order valence-electron chi connectivity index (χ4n) is 2.23. The van der Waals surface area contributed by atoms with Crippen LogP contribution in [0.3, 0.4) is 0 Å². The molecule has 0 aliphatic carbocycles. The van der Waals surface area contributed by atoms with Gasteiger partial charge in [0.1, 0.15) is 5.75 Å². The number of rotatable bonds is 7. The van der Waals surface area contributed by atoms with Crippen molar-refractivity contribution >= 4 is 11.3 Å². The van der Waals surface area contributed by atoms with Crippen LogP contribution in [0, 0.1) is 6.92 Å². The zero-order valence-electron chi connectivity index (χ0n) is 12.3. The van der Waals surface area contributed by atoms with Gasteiger partial charge in [-0.2, -0.15) is 0 Å². The summed E-state index contributed by atoms with van der Waals surface area (Å²) in [5, 5.41) is 3.31. The summed E-state index contributed by atoms with van der Waals surface area (Å²) in [7, 11) is 2.00. The van der Waals surface area contributed by atoms with Crippen molar-refractivity contribution in [3.63, 3.8) is 0 Å². The first kappa shape index (κ1) is 15.0. The molecule has 4 heteroatoms. The Hall–Kier alpha value is -1.39. The highest BCUT2D eigenvalue weighted by molar-refractivity contribution is 7.09. The van der Waals surface area contributed by atoms with Crippen molar-refractivity contribution in [1.29, 1.82) is 0 Å². The second-order valence-corrected chi connectivity index (χ2v) is 5.72. The van der Waals surface area contributed by atoms with Gasteiger partial charge in [0.15, 0.2) is 0 Å². The number of nitrogens with zero attached hydrogens (tertiary/aromatic N) is 1. The van der Waals surface area contributed by atoms with Crippen LogP contribution >= 0.6 is 11.3 Å². The molecule has 0 aliphatic heterocycles. The molecule has 0 fully saturated rings. The Balaban J connectivity index is 1.86. The summed E-state index contributed by atoms with van der Waals surface area (Å²) < 4.78 is 5.79. The molecule has 2 rings (SSSR count). The molecule has 1 N–H and O–H groups in total. The molecular formula is C16H22N2OS. The van der Waals surface area contributed by atoms with Gasteiger partial charge in [0, 0.05) is 17.3 Å². The average molecular weight is 290 g/mol. The van der Waals surface area contributed by atoms with Gasteiger partial charge in [-0.3, -0.25) is 0 Å². The van der Waals surface area contributed by atoms with Crippen molar-refractivity contribution in [3.05, 3.63) is 45.9 Å². The Bertz CT molecular complexity index is 518. The summed E-state index contributed by atoms with van der Waals surface area (Å²) in [5.74, 6) is 0.932. The van der Waals surface area contributed by atoms with E-state index in [2.05, 4.69) is 41.5 Å². The summed E-state index contributed by atoms with van der Waals surface area (Å²) in [6.07, 6.45) is 2.01. The highest BCUT2D eigenvalue weighted by Crippen LogP contribution is 2.20. The Morgan fingerprint density at radius 1 is 1.30 bits per heavy atom. The zero-order chi connectivity index (χ0) is 14.4. The van der Waals surface area contributed by atoms with E-state index >= 15 is 0 Å². The van der Waals surface area contributed by atoms with Gasteiger partial charge in [-0.25, -0.2) is 4.98 Å². The van der Waals surface area contributed by atoms with Crippen molar-refractivity contribution in [1.82, 2.24) is 10.3 Å². The normalized spacial score (nSPS) is 12.3. The Kier molecular flexibility index (Phi) is 5.56. The van der Waals surface area contributed by atoms with E-state index in [-0.39, 0.29) is 0 Å². The van der Waals surface area contributed by atoms with Crippen molar-refractivity contribution in [2.24, 2.45) is 0 Å². The number of hydrogen-bond acceptors (Lipinski definition) is 4. The molecule has 20 heavy (non-hydrogen) atoms. The summed E-state index contributed by atoms with van der Waals surface area (Å²) in [4.78, 5) is 5.56. The highest BCUT2D eigenvalue weighted by Gasteiger charge is 2.06. The molecule has 1 heterocycles. The van der Waals surface area contributed by atoms with Crippen molar-refractivity contribution in [2.45, 2.75) is 32.7 Å². The van der Waals surface area contributed by atoms with Crippen LogP contribution in [0.2, 0.25) is 0 Å². The van der Waals surface area contributed by atoms with Crippen LogP contribution in [0.4, 0.5) is 0 Å². The Labute approximate surface area is 125 Å². The molecule has 108 valence electrons. The molecule has 0 radical (unpaired) electrons.